The van der Waals surface area contributed by atoms with Gasteiger partial charge >= 0.3 is 0 Å². The molecule has 32 heavy (non-hydrogen) atoms. The van der Waals surface area contributed by atoms with Crippen molar-refractivity contribution in [1.29, 1.82) is 0 Å². The number of anilines is 1. The smallest absolute Gasteiger partial charge is 0.234 e. The van der Waals surface area contributed by atoms with Crippen LogP contribution in [-0.2, 0) is 4.79 Å². The second-order valence-corrected chi connectivity index (χ2v) is 8.29. The summed E-state index contributed by atoms with van der Waals surface area (Å²) in [4.78, 5) is 12.6. The number of rotatable bonds is 7. The fourth-order valence-electron chi connectivity index (χ4n) is 3.27. The van der Waals surface area contributed by atoms with Gasteiger partial charge < -0.3 is 10.1 Å². The molecule has 0 saturated heterocycles. The van der Waals surface area contributed by atoms with Gasteiger partial charge in [0, 0.05) is 16.9 Å². The molecule has 0 radical (unpaired) electrons. The molecule has 6 nitrogen and oxygen atoms in total. The Kier molecular flexibility index (Phi) is 6.56. The molecule has 0 saturated carbocycles. The van der Waals surface area contributed by atoms with Gasteiger partial charge in [0.1, 0.15) is 5.75 Å². The van der Waals surface area contributed by atoms with Crippen molar-refractivity contribution in [3.63, 3.8) is 0 Å². The highest BCUT2D eigenvalue weighted by Gasteiger charge is 2.18. The van der Waals surface area contributed by atoms with E-state index in [1.807, 2.05) is 91.2 Å². The number of ether oxygens (including phenoxy) is 1. The van der Waals surface area contributed by atoms with Crippen LogP contribution in [0, 0.1) is 13.8 Å². The number of benzene rings is 3. The van der Waals surface area contributed by atoms with E-state index in [4.69, 9.17) is 4.74 Å². The van der Waals surface area contributed by atoms with Crippen molar-refractivity contribution in [2.75, 3.05) is 18.2 Å². The van der Waals surface area contributed by atoms with Crippen LogP contribution in [-0.4, -0.2) is 33.5 Å². The van der Waals surface area contributed by atoms with Crippen LogP contribution >= 0.6 is 11.8 Å². The average Bonchev–Trinajstić information content (AvgIpc) is 3.25. The van der Waals surface area contributed by atoms with Gasteiger partial charge in [0.15, 0.2) is 11.0 Å². The van der Waals surface area contributed by atoms with Crippen LogP contribution in [0.25, 0.3) is 17.1 Å². The first kappa shape index (κ1) is 21.6. The molecule has 1 N–H and O–H groups in total. The second kappa shape index (κ2) is 9.70. The number of aromatic nitrogens is 3. The van der Waals surface area contributed by atoms with Crippen LogP contribution < -0.4 is 10.1 Å². The highest BCUT2D eigenvalue weighted by Crippen LogP contribution is 2.29. The predicted molar refractivity (Wildman–Crippen MR) is 129 cm³/mol. The molecule has 4 rings (SSSR count). The Hall–Kier alpha value is -3.58. The number of nitrogens with zero attached hydrogens (tertiary/aromatic N) is 3. The van der Waals surface area contributed by atoms with Gasteiger partial charge in [-0.2, -0.15) is 0 Å². The highest BCUT2D eigenvalue weighted by atomic mass is 32.2. The highest BCUT2D eigenvalue weighted by molar-refractivity contribution is 7.99. The number of nitrogens with one attached hydrogen (secondary N) is 1. The third-order valence-corrected chi connectivity index (χ3v) is 6.03. The molecule has 162 valence electrons. The minimum atomic E-state index is -0.0937. The van der Waals surface area contributed by atoms with E-state index < -0.39 is 0 Å². The van der Waals surface area contributed by atoms with Gasteiger partial charge in [-0.25, -0.2) is 0 Å². The molecule has 1 heterocycles. The largest absolute Gasteiger partial charge is 0.497 e. The van der Waals surface area contributed by atoms with E-state index in [1.54, 1.807) is 7.11 Å². The molecule has 0 spiro atoms. The molecule has 0 fully saturated rings. The van der Waals surface area contributed by atoms with Crippen LogP contribution in [0.2, 0.25) is 0 Å². The second-order valence-electron chi connectivity index (χ2n) is 7.34. The minimum absolute atomic E-state index is 0.0937. The van der Waals surface area contributed by atoms with E-state index in [0.29, 0.717) is 11.0 Å². The van der Waals surface area contributed by atoms with Crippen LogP contribution in [0.1, 0.15) is 11.1 Å². The average molecular weight is 445 g/mol. The molecule has 0 aliphatic heterocycles. The number of thioether (sulfide) groups is 1. The number of aryl methyl sites for hydroxylation is 2. The zero-order valence-corrected chi connectivity index (χ0v) is 19.0. The quantitative estimate of drug-likeness (QED) is 0.392. The number of hydrogen-bond donors (Lipinski definition) is 1. The van der Waals surface area contributed by atoms with E-state index in [1.165, 1.54) is 17.3 Å². The fourth-order valence-corrected chi connectivity index (χ4v) is 4.02. The van der Waals surface area contributed by atoms with E-state index in [0.717, 1.165) is 28.3 Å². The maximum atomic E-state index is 12.6. The number of hydrogen-bond acceptors (Lipinski definition) is 5. The van der Waals surface area contributed by atoms with Crippen LogP contribution in [0.4, 0.5) is 5.69 Å². The summed E-state index contributed by atoms with van der Waals surface area (Å²) in [5.41, 5.74) is 4.93. The summed E-state index contributed by atoms with van der Waals surface area (Å²) in [5.74, 6) is 1.55. The van der Waals surface area contributed by atoms with Crippen molar-refractivity contribution in [3.8, 4) is 22.8 Å². The van der Waals surface area contributed by atoms with E-state index in [-0.39, 0.29) is 11.7 Å². The first-order valence-electron chi connectivity index (χ1n) is 10.2. The molecular weight excluding hydrogens is 420 g/mol. The Morgan fingerprint density at radius 1 is 0.969 bits per heavy atom. The molecule has 3 aromatic carbocycles. The van der Waals surface area contributed by atoms with Crippen molar-refractivity contribution >= 4 is 23.4 Å². The lowest BCUT2D eigenvalue weighted by molar-refractivity contribution is -0.113. The van der Waals surface area contributed by atoms with Crippen molar-refractivity contribution in [1.82, 2.24) is 14.8 Å². The normalized spacial score (nSPS) is 10.7. The van der Waals surface area contributed by atoms with Gasteiger partial charge in [-0.1, -0.05) is 48.2 Å². The Balaban J connectivity index is 1.59. The number of carbonyl (C=O) groups is 1. The molecule has 0 aliphatic rings. The number of methoxy groups -OCH3 is 1. The Bertz CT molecular complexity index is 1240. The molecule has 0 unspecified atom stereocenters. The molecule has 1 amide bonds. The summed E-state index contributed by atoms with van der Waals surface area (Å²) >= 11 is 1.35. The van der Waals surface area contributed by atoms with E-state index in [9.17, 15) is 4.79 Å². The number of amides is 1. The summed E-state index contributed by atoms with van der Waals surface area (Å²) in [6.07, 6.45) is 0. The van der Waals surface area contributed by atoms with E-state index in [2.05, 4.69) is 15.5 Å². The van der Waals surface area contributed by atoms with Crippen LogP contribution in [0.15, 0.2) is 78.0 Å². The number of para-hydroxylation sites is 1. The van der Waals surface area contributed by atoms with Gasteiger partial charge in [-0.15, -0.1) is 10.2 Å². The Morgan fingerprint density at radius 2 is 1.78 bits per heavy atom. The van der Waals surface area contributed by atoms with Gasteiger partial charge in [0.2, 0.25) is 5.91 Å². The van der Waals surface area contributed by atoms with Crippen LogP contribution in [0.3, 0.4) is 0 Å². The zero-order chi connectivity index (χ0) is 22.5. The van der Waals surface area contributed by atoms with E-state index >= 15 is 0 Å². The lowest BCUT2D eigenvalue weighted by atomic mass is 10.1. The summed E-state index contributed by atoms with van der Waals surface area (Å²) in [7, 11) is 1.64. The molecule has 7 heteroatoms. The fraction of sp³-hybridized carbons (Fsp3) is 0.160. The molecular formula is C25H24N4O2S. The summed E-state index contributed by atoms with van der Waals surface area (Å²) in [6, 6.07) is 23.5. The lowest BCUT2D eigenvalue weighted by Crippen LogP contribution is -2.14. The SMILES string of the molecule is COc1cccc(-c2nnc(SCC(=O)Nc3ccc(C)c(C)c3)n2-c2ccccc2)c1. The first-order chi connectivity index (χ1) is 15.5. The van der Waals surface area contributed by atoms with Crippen LogP contribution in [0.5, 0.6) is 5.75 Å². The Morgan fingerprint density at radius 3 is 2.53 bits per heavy atom. The van der Waals surface area contributed by atoms with Crippen molar-refractivity contribution in [2.45, 2.75) is 19.0 Å². The van der Waals surface area contributed by atoms with Gasteiger partial charge in [-0.3, -0.25) is 9.36 Å². The lowest BCUT2D eigenvalue weighted by Gasteiger charge is -2.11. The van der Waals surface area contributed by atoms with Crippen molar-refractivity contribution < 1.29 is 9.53 Å². The van der Waals surface area contributed by atoms with Crippen molar-refractivity contribution in [3.05, 3.63) is 83.9 Å². The van der Waals surface area contributed by atoms with Gasteiger partial charge in [-0.05, 0) is 61.4 Å². The molecule has 0 bridgehead atoms. The number of carbonyl (C=O) groups excluding carboxylic acids is 1. The summed E-state index contributed by atoms with van der Waals surface area (Å²) < 4.78 is 7.33. The summed E-state index contributed by atoms with van der Waals surface area (Å²) in [6.45, 7) is 4.08. The predicted octanol–water partition coefficient (Wildman–Crippen LogP) is 5.29. The topological polar surface area (TPSA) is 69.0 Å². The molecule has 0 atom stereocenters. The third kappa shape index (κ3) is 4.84. The van der Waals surface area contributed by atoms with Crippen molar-refractivity contribution in [2.24, 2.45) is 0 Å². The molecule has 1 aromatic heterocycles. The monoisotopic (exact) mass is 444 g/mol. The maximum absolute atomic E-state index is 12.6. The van der Waals surface area contributed by atoms with Gasteiger partial charge in [0.25, 0.3) is 0 Å². The summed E-state index contributed by atoms with van der Waals surface area (Å²) in [5, 5.41) is 12.4. The standard InChI is InChI=1S/C25H24N4O2S/c1-17-12-13-20(14-18(17)2)26-23(30)16-32-25-28-27-24(19-8-7-11-22(15-19)31-3)29(25)21-9-5-4-6-10-21/h4-15H,16H2,1-3H3,(H,26,30). The van der Waals surface area contributed by atoms with Gasteiger partial charge in [0.05, 0.1) is 12.9 Å². The first-order valence-corrected chi connectivity index (χ1v) is 11.2. The zero-order valence-electron chi connectivity index (χ0n) is 18.2. The molecule has 0 aliphatic carbocycles. The third-order valence-electron chi connectivity index (χ3n) is 5.10. The maximum Gasteiger partial charge on any atom is 0.234 e. The molecule has 4 aromatic rings. The Labute approximate surface area is 191 Å². The minimum Gasteiger partial charge on any atom is -0.497 e.